The van der Waals surface area contributed by atoms with Gasteiger partial charge in [0.2, 0.25) is 0 Å². The predicted octanol–water partition coefficient (Wildman–Crippen LogP) is 0.728. The zero-order chi connectivity index (χ0) is 13.8. The van der Waals surface area contributed by atoms with Crippen molar-refractivity contribution in [2.24, 2.45) is 0 Å². The summed E-state index contributed by atoms with van der Waals surface area (Å²) in [4.78, 5) is 2.26. The quantitative estimate of drug-likeness (QED) is 0.750. The monoisotopic (exact) mass is 266 g/mol. The average Bonchev–Trinajstić information content (AvgIpc) is 2.47. The fourth-order valence-corrected chi connectivity index (χ4v) is 2.45. The van der Waals surface area contributed by atoms with Crippen LogP contribution in [0.15, 0.2) is 18.2 Å². The molecule has 0 bridgehead atoms. The second-order valence-corrected chi connectivity index (χ2v) is 4.90. The van der Waals surface area contributed by atoms with Gasteiger partial charge in [0.05, 0.1) is 13.2 Å². The minimum absolute atomic E-state index is 0.0383. The van der Waals surface area contributed by atoms with Crippen LogP contribution >= 0.6 is 0 Å². The molecular weight excluding hydrogens is 244 g/mol. The molecule has 2 unspecified atom stereocenters. The number of aliphatic hydroxyl groups excluding tert-OH is 1. The molecule has 1 aliphatic rings. The van der Waals surface area contributed by atoms with Crippen molar-refractivity contribution in [3.05, 3.63) is 23.8 Å². The van der Waals surface area contributed by atoms with Crippen molar-refractivity contribution in [3.8, 4) is 11.5 Å². The molecule has 5 nitrogen and oxygen atoms in total. The third-order valence-corrected chi connectivity index (χ3v) is 3.73. The van der Waals surface area contributed by atoms with Crippen LogP contribution in [0.3, 0.4) is 0 Å². The molecule has 0 aromatic heterocycles. The van der Waals surface area contributed by atoms with Gasteiger partial charge in [-0.15, -0.1) is 0 Å². The van der Waals surface area contributed by atoms with Gasteiger partial charge in [0.25, 0.3) is 0 Å². The van der Waals surface area contributed by atoms with E-state index in [1.54, 1.807) is 18.2 Å². The van der Waals surface area contributed by atoms with Crippen molar-refractivity contribution >= 4 is 0 Å². The molecule has 1 aromatic rings. The van der Waals surface area contributed by atoms with Crippen LogP contribution in [0.2, 0.25) is 0 Å². The lowest BCUT2D eigenvalue weighted by Gasteiger charge is -2.35. The maximum Gasteiger partial charge on any atom is 0.160 e. The van der Waals surface area contributed by atoms with E-state index in [1.165, 1.54) is 7.11 Å². The topological polar surface area (TPSA) is 65.0 Å². The Morgan fingerprint density at radius 1 is 1.32 bits per heavy atom. The molecule has 1 aromatic carbocycles. The smallest absolute Gasteiger partial charge is 0.160 e. The first-order valence-electron chi connectivity index (χ1n) is 6.63. The number of phenols is 1. The van der Waals surface area contributed by atoms with Crippen molar-refractivity contribution in [1.82, 2.24) is 10.2 Å². The Morgan fingerprint density at radius 2 is 2.00 bits per heavy atom. The van der Waals surface area contributed by atoms with Gasteiger partial charge in [-0.1, -0.05) is 6.07 Å². The van der Waals surface area contributed by atoms with E-state index in [1.807, 2.05) is 6.92 Å². The number of ether oxygens (including phenoxy) is 1. The summed E-state index contributed by atoms with van der Waals surface area (Å²) in [5, 5.41) is 23.3. The van der Waals surface area contributed by atoms with E-state index in [9.17, 15) is 10.2 Å². The second kappa shape index (κ2) is 6.23. The summed E-state index contributed by atoms with van der Waals surface area (Å²) < 4.78 is 5.08. The number of hydrogen-bond donors (Lipinski definition) is 3. The Morgan fingerprint density at radius 3 is 2.63 bits per heavy atom. The zero-order valence-corrected chi connectivity index (χ0v) is 11.5. The van der Waals surface area contributed by atoms with Crippen LogP contribution in [0.25, 0.3) is 0 Å². The van der Waals surface area contributed by atoms with Gasteiger partial charge in [0, 0.05) is 32.2 Å². The van der Waals surface area contributed by atoms with Gasteiger partial charge in [-0.2, -0.15) is 0 Å². The van der Waals surface area contributed by atoms with Gasteiger partial charge in [0.15, 0.2) is 11.5 Å². The molecule has 2 atom stereocenters. The molecule has 0 saturated carbocycles. The number of nitrogens with zero attached hydrogens (tertiary/aromatic N) is 1. The third kappa shape index (κ3) is 3.18. The Balaban J connectivity index is 2.11. The fraction of sp³-hybridized carbons (Fsp3) is 0.571. The van der Waals surface area contributed by atoms with Crippen LogP contribution in [-0.4, -0.2) is 54.4 Å². The highest BCUT2D eigenvalue weighted by molar-refractivity contribution is 5.42. The summed E-state index contributed by atoms with van der Waals surface area (Å²) >= 11 is 0. The summed E-state index contributed by atoms with van der Waals surface area (Å²) in [6.07, 6.45) is -0.590. The Hall–Kier alpha value is -1.30. The molecule has 1 fully saturated rings. The molecule has 0 spiro atoms. The van der Waals surface area contributed by atoms with E-state index in [0.717, 1.165) is 31.7 Å². The van der Waals surface area contributed by atoms with Crippen LogP contribution < -0.4 is 10.1 Å². The number of aromatic hydroxyl groups is 1. The first-order chi connectivity index (χ1) is 9.13. The van der Waals surface area contributed by atoms with E-state index < -0.39 is 6.10 Å². The van der Waals surface area contributed by atoms with Crippen molar-refractivity contribution in [3.63, 3.8) is 0 Å². The molecule has 5 heteroatoms. The van der Waals surface area contributed by atoms with Crippen LogP contribution in [0.1, 0.15) is 18.6 Å². The molecule has 106 valence electrons. The first-order valence-corrected chi connectivity index (χ1v) is 6.63. The predicted molar refractivity (Wildman–Crippen MR) is 73.5 cm³/mol. The Labute approximate surface area is 113 Å². The molecule has 2 rings (SSSR count). The highest BCUT2D eigenvalue weighted by Crippen LogP contribution is 2.30. The SMILES string of the molecule is COc1cc(C(O)C(C)N2CCNCC2)ccc1O. The molecule has 19 heavy (non-hydrogen) atoms. The Kier molecular flexibility index (Phi) is 4.63. The van der Waals surface area contributed by atoms with Crippen LogP contribution in [0.4, 0.5) is 0 Å². The third-order valence-electron chi connectivity index (χ3n) is 3.73. The van der Waals surface area contributed by atoms with Gasteiger partial charge < -0.3 is 20.3 Å². The van der Waals surface area contributed by atoms with E-state index in [2.05, 4.69) is 10.2 Å². The Bertz CT molecular complexity index is 419. The molecule has 0 aliphatic carbocycles. The molecule has 3 N–H and O–H groups in total. The summed E-state index contributed by atoms with van der Waals surface area (Å²) in [6, 6.07) is 5.03. The van der Waals surface area contributed by atoms with Crippen molar-refractivity contribution in [2.75, 3.05) is 33.3 Å². The second-order valence-electron chi connectivity index (χ2n) is 4.90. The summed E-state index contributed by atoms with van der Waals surface area (Å²) in [7, 11) is 1.50. The number of nitrogens with one attached hydrogen (secondary N) is 1. The van der Waals surface area contributed by atoms with E-state index >= 15 is 0 Å². The highest BCUT2D eigenvalue weighted by atomic mass is 16.5. The lowest BCUT2D eigenvalue weighted by Crippen LogP contribution is -2.49. The number of hydrogen-bond acceptors (Lipinski definition) is 5. The lowest BCUT2D eigenvalue weighted by molar-refractivity contribution is 0.0508. The molecular formula is C14H22N2O3. The minimum Gasteiger partial charge on any atom is -0.504 e. The summed E-state index contributed by atoms with van der Waals surface area (Å²) in [6.45, 7) is 5.81. The van der Waals surface area contributed by atoms with Crippen LogP contribution in [0.5, 0.6) is 11.5 Å². The van der Waals surface area contributed by atoms with Crippen LogP contribution in [-0.2, 0) is 0 Å². The van der Waals surface area contributed by atoms with E-state index in [4.69, 9.17) is 4.74 Å². The van der Waals surface area contributed by atoms with E-state index in [-0.39, 0.29) is 11.8 Å². The lowest BCUT2D eigenvalue weighted by atomic mass is 10.0. The molecule has 0 radical (unpaired) electrons. The van der Waals surface area contributed by atoms with Gasteiger partial charge in [-0.05, 0) is 24.6 Å². The van der Waals surface area contributed by atoms with Gasteiger partial charge in [-0.3, -0.25) is 4.90 Å². The normalized spacial score (nSPS) is 19.9. The number of methoxy groups -OCH3 is 1. The minimum atomic E-state index is -0.590. The summed E-state index contributed by atoms with van der Waals surface area (Å²) in [5.74, 6) is 0.484. The number of rotatable bonds is 4. The van der Waals surface area contributed by atoms with E-state index in [0.29, 0.717) is 5.75 Å². The molecule has 1 aliphatic heterocycles. The zero-order valence-electron chi connectivity index (χ0n) is 11.5. The molecule has 0 amide bonds. The maximum absolute atomic E-state index is 10.5. The number of aliphatic hydroxyl groups is 1. The number of piperazine rings is 1. The fourth-order valence-electron chi connectivity index (χ4n) is 2.45. The number of phenolic OH excluding ortho intramolecular Hbond substituents is 1. The van der Waals surface area contributed by atoms with Gasteiger partial charge >= 0.3 is 0 Å². The maximum atomic E-state index is 10.5. The highest BCUT2D eigenvalue weighted by Gasteiger charge is 2.24. The molecule has 1 saturated heterocycles. The number of benzene rings is 1. The van der Waals surface area contributed by atoms with Crippen molar-refractivity contribution in [1.29, 1.82) is 0 Å². The van der Waals surface area contributed by atoms with Crippen molar-refractivity contribution in [2.45, 2.75) is 19.1 Å². The van der Waals surface area contributed by atoms with Gasteiger partial charge in [-0.25, -0.2) is 0 Å². The van der Waals surface area contributed by atoms with Crippen molar-refractivity contribution < 1.29 is 14.9 Å². The average molecular weight is 266 g/mol. The molecule has 1 heterocycles. The first kappa shape index (κ1) is 14.1. The van der Waals surface area contributed by atoms with Gasteiger partial charge in [0.1, 0.15) is 0 Å². The largest absolute Gasteiger partial charge is 0.504 e. The van der Waals surface area contributed by atoms with Crippen LogP contribution in [0, 0.1) is 0 Å². The standard InChI is InChI=1S/C14H22N2O3/c1-10(16-7-5-15-6-8-16)14(18)11-3-4-12(17)13(9-11)19-2/h3-4,9-10,14-15,17-18H,5-8H2,1-2H3. The summed E-state index contributed by atoms with van der Waals surface area (Å²) in [5.41, 5.74) is 0.765.